The minimum atomic E-state index is -2.09. The van der Waals surface area contributed by atoms with Crippen LogP contribution in [0, 0.1) is 28.6 Å². The molecule has 0 spiro atoms. The first-order chi connectivity index (χ1) is 14.8. The number of Topliss-reactive ketones (excluding diaryl/α,β-unsaturated/α-hetero) is 2. The van der Waals surface area contributed by atoms with Crippen LogP contribution in [0.4, 0.5) is 4.39 Å². The van der Waals surface area contributed by atoms with Gasteiger partial charge in [0.1, 0.15) is 11.7 Å². The number of aliphatic hydroxyl groups is 3. The van der Waals surface area contributed by atoms with Gasteiger partial charge < -0.3 is 15.3 Å². The zero-order valence-electron chi connectivity index (χ0n) is 19.1. The first kappa shape index (κ1) is 23.5. The van der Waals surface area contributed by atoms with Gasteiger partial charge in [0.25, 0.3) is 0 Å². The molecule has 4 rings (SSSR count). The molecule has 0 amide bonds. The van der Waals surface area contributed by atoms with Crippen molar-refractivity contribution in [1.29, 1.82) is 0 Å². The Balaban J connectivity index is 1.79. The summed E-state index contributed by atoms with van der Waals surface area (Å²) >= 11 is 0. The number of rotatable bonds is 4. The SMILES string of the molecule is CCC(O)C(=O)C(=O)[C@@]1(O)[C@H](C)C[C@H]2[C@@H]3CCC4=CC(=O)C=C[C@]4(C)[C@@]3(F)[C@@H](O)C[C@@]21C. The maximum Gasteiger partial charge on any atom is 0.233 e. The highest BCUT2D eigenvalue weighted by Gasteiger charge is 2.76. The quantitative estimate of drug-likeness (QED) is 0.569. The van der Waals surface area contributed by atoms with E-state index in [1.165, 1.54) is 12.2 Å². The number of halogens is 1. The lowest BCUT2D eigenvalue weighted by molar-refractivity contribution is -0.218. The molecule has 3 fully saturated rings. The van der Waals surface area contributed by atoms with Crippen LogP contribution >= 0.6 is 0 Å². The van der Waals surface area contributed by atoms with Gasteiger partial charge in [0, 0.05) is 16.7 Å². The normalized spacial score (nSPS) is 48.4. The molecule has 4 aliphatic rings. The van der Waals surface area contributed by atoms with Crippen LogP contribution < -0.4 is 0 Å². The molecule has 7 heteroatoms. The summed E-state index contributed by atoms with van der Waals surface area (Å²) in [7, 11) is 0. The molecule has 0 aliphatic heterocycles. The van der Waals surface area contributed by atoms with Crippen molar-refractivity contribution in [2.45, 2.75) is 83.3 Å². The first-order valence-electron chi connectivity index (χ1n) is 11.6. The molecule has 32 heavy (non-hydrogen) atoms. The van der Waals surface area contributed by atoms with Crippen LogP contribution in [0.25, 0.3) is 0 Å². The maximum atomic E-state index is 17.1. The van der Waals surface area contributed by atoms with Gasteiger partial charge in [-0.15, -0.1) is 0 Å². The lowest BCUT2D eigenvalue weighted by atomic mass is 9.44. The Kier molecular flexibility index (Phi) is 5.24. The number of fused-ring (bicyclic) bond motifs is 5. The molecule has 0 heterocycles. The van der Waals surface area contributed by atoms with E-state index < -0.39 is 63.6 Å². The molecule has 0 aromatic carbocycles. The van der Waals surface area contributed by atoms with E-state index in [2.05, 4.69) is 0 Å². The second-order valence-corrected chi connectivity index (χ2v) is 10.8. The van der Waals surface area contributed by atoms with Crippen molar-refractivity contribution in [3.8, 4) is 0 Å². The second-order valence-electron chi connectivity index (χ2n) is 10.8. The number of aliphatic hydroxyl groups excluding tert-OH is 2. The Morgan fingerprint density at radius 2 is 1.94 bits per heavy atom. The fourth-order valence-electron chi connectivity index (χ4n) is 7.55. The van der Waals surface area contributed by atoms with Crippen LogP contribution in [-0.4, -0.2) is 56.1 Å². The number of hydrogen-bond donors (Lipinski definition) is 3. The van der Waals surface area contributed by atoms with Crippen LogP contribution in [0.1, 0.15) is 59.8 Å². The number of hydrogen-bond acceptors (Lipinski definition) is 6. The summed E-state index contributed by atoms with van der Waals surface area (Å²) in [5, 5.41) is 33.0. The maximum absolute atomic E-state index is 17.1. The van der Waals surface area contributed by atoms with Crippen molar-refractivity contribution < 1.29 is 34.1 Å². The Morgan fingerprint density at radius 3 is 2.56 bits per heavy atom. The molecule has 9 atom stereocenters. The predicted molar refractivity (Wildman–Crippen MR) is 114 cm³/mol. The zero-order valence-corrected chi connectivity index (χ0v) is 19.1. The van der Waals surface area contributed by atoms with Crippen molar-refractivity contribution in [3.63, 3.8) is 0 Å². The van der Waals surface area contributed by atoms with Crippen LogP contribution in [0.3, 0.4) is 0 Å². The summed E-state index contributed by atoms with van der Waals surface area (Å²) in [5.74, 6) is -4.03. The summed E-state index contributed by atoms with van der Waals surface area (Å²) in [5.41, 5.74) is -5.89. The number of allylic oxidation sites excluding steroid dienone is 4. The van der Waals surface area contributed by atoms with E-state index in [0.717, 1.165) is 0 Å². The van der Waals surface area contributed by atoms with Crippen LogP contribution in [0.15, 0.2) is 23.8 Å². The van der Waals surface area contributed by atoms with Gasteiger partial charge in [-0.25, -0.2) is 4.39 Å². The van der Waals surface area contributed by atoms with Crippen LogP contribution in [-0.2, 0) is 14.4 Å². The molecule has 0 saturated heterocycles. The Bertz CT molecular complexity index is 941. The van der Waals surface area contributed by atoms with Crippen LogP contribution in [0.2, 0.25) is 0 Å². The fraction of sp³-hybridized carbons (Fsp3) is 0.720. The van der Waals surface area contributed by atoms with Gasteiger partial charge in [-0.1, -0.05) is 32.4 Å². The predicted octanol–water partition coefficient (Wildman–Crippen LogP) is 2.24. The van der Waals surface area contributed by atoms with Gasteiger partial charge in [-0.3, -0.25) is 14.4 Å². The largest absolute Gasteiger partial charge is 0.390 e. The van der Waals surface area contributed by atoms with Crippen molar-refractivity contribution in [2.24, 2.45) is 28.6 Å². The number of ketones is 3. The number of alkyl halides is 1. The second kappa shape index (κ2) is 7.15. The molecule has 176 valence electrons. The molecule has 4 aliphatic carbocycles. The highest BCUT2D eigenvalue weighted by molar-refractivity contribution is 6.42. The summed E-state index contributed by atoms with van der Waals surface area (Å²) in [4.78, 5) is 37.7. The molecule has 0 bridgehead atoms. The molecule has 1 unspecified atom stereocenters. The Labute approximate surface area is 187 Å². The number of carbonyl (C=O) groups excluding carboxylic acids is 3. The third kappa shape index (κ3) is 2.59. The lowest BCUT2D eigenvalue weighted by Gasteiger charge is -2.62. The van der Waals surface area contributed by atoms with E-state index >= 15 is 4.39 Å². The molecule has 3 N–H and O–H groups in total. The zero-order chi connectivity index (χ0) is 23.9. The summed E-state index contributed by atoms with van der Waals surface area (Å²) in [6.07, 6.45) is 2.39. The highest BCUT2D eigenvalue weighted by Crippen LogP contribution is 2.70. The summed E-state index contributed by atoms with van der Waals surface area (Å²) in [6.45, 7) is 6.62. The van der Waals surface area contributed by atoms with Gasteiger partial charge in [0.05, 0.1) is 6.10 Å². The van der Waals surface area contributed by atoms with Crippen molar-refractivity contribution in [1.82, 2.24) is 0 Å². The third-order valence-corrected chi connectivity index (χ3v) is 9.48. The van der Waals surface area contributed by atoms with Gasteiger partial charge >= 0.3 is 0 Å². The molecule has 0 aromatic rings. The Morgan fingerprint density at radius 1 is 1.28 bits per heavy atom. The lowest BCUT2D eigenvalue weighted by Crippen LogP contribution is -2.69. The van der Waals surface area contributed by atoms with E-state index in [1.807, 2.05) is 0 Å². The van der Waals surface area contributed by atoms with Crippen molar-refractivity contribution in [3.05, 3.63) is 23.8 Å². The minimum absolute atomic E-state index is 0.0482. The minimum Gasteiger partial charge on any atom is -0.390 e. The summed E-state index contributed by atoms with van der Waals surface area (Å²) in [6, 6.07) is 0. The summed E-state index contributed by atoms with van der Waals surface area (Å²) < 4.78 is 17.1. The molecule has 3 saturated carbocycles. The van der Waals surface area contributed by atoms with E-state index in [4.69, 9.17) is 0 Å². The average Bonchev–Trinajstić information content (AvgIpc) is 2.95. The molecule has 6 nitrogen and oxygen atoms in total. The first-order valence-corrected chi connectivity index (χ1v) is 11.6. The monoisotopic (exact) mass is 448 g/mol. The van der Waals surface area contributed by atoms with Gasteiger partial charge in [-0.2, -0.15) is 0 Å². The molecular weight excluding hydrogens is 415 g/mol. The topological polar surface area (TPSA) is 112 Å². The molecule has 0 radical (unpaired) electrons. The van der Waals surface area contributed by atoms with Crippen molar-refractivity contribution >= 4 is 17.3 Å². The van der Waals surface area contributed by atoms with Gasteiger partial charge in [-0.05, 0) is 63.0 Å². The van der Waals surface area contributed by atoms with Gasteiger partial charge in [0.2, 0.25) is 11.6 Å². The van der Waals surface area contributed by atoms with Gasteiger partial charge in [0.15, 0.2) is 11.5 Å². The third-order valence-electron chi connectivity index (χ3n) is 9.48. The highest BCUT2D eigenvalue weighted by atomic mass is 19.1. The standard InChI is InChI=1S/C25H33FO6/c1-5-18(28)20(30)21(31)25(32)13(2)10-17-16-7-6-14-11-15(27)8-9-22(14,3)24(16,26)19(29)12-23(17,25)4/h8-9,11,13,16-19,28-29,32H,5-7,10,12H2,1-4H3/t13-,16+,17+,18?,19+,22+,23+,24+,25+/m1/s1. The van der Waals surface area contributed by atoms with E-state index in [1.54, 1.807) is 33.8 Å². The van der Waals surface area contributed by atoms with Crippen molar-refractivity contribution in [2.75, 3.05) is 0 Å². The van der Waals surface area contributed by atoms with E-state index in [-0.39, 0.29) is 18.6 Å². The van der Waals surface area contributed by atoms with E-state index in [0.29, 0.717) is 24.8 Å². The van der Waals surface area contributed by atoms with Crippen LogP contribution in [0.5, 0.6) is 0 Å². The average molecular weight is 449 g/mol. The molecule has 0 aromatic heterocycles. The number of carbonyl (C=O) groups is 3. The molecular formula is C25H33FO6. The fourth-order valence-corrected chi connectivity index (χ4v) is 7.55. The Hall–Kier alpha value is -1.70. The smallest absolute Gasteiger partial charge is 0.233 e. The van der Waals surface area contributed by atoms with E-state index in [9.17, 15) is 29.7 Å².